The van der Waals surface area contributed by atoms with Crippen molar-refractivity contribution >= 4 is 23.1 Å². The first kappa shape index (κ1) is 15.4. The molecule has 0 aromatic heterocycles. The molecule has 4 heteroatoms. The van der Waals surface area contributed by atoms with Crippen molar-refractivity contribution in [2.75, 3.05) is 0 Å². The Hall–Kier alpha value is -0.640. The number of unbranched alkanes of at least 4 members (excludes halogenated alkanes) is 2. The van der Waals surface area contributed by atoms with Crippen LogP contribution in [0.15, 0.2) is 0 Å². The standard InChI is InChI=1S/C14H26N2OS/c1-2-3-6-9-12(17)16-14(13(15)18)10-7-4-5-8-11-14/h2-11H2,1H3,(H2,15,18)(H,16,17). The van der Waals surface area contributed by atoms with Gasteiger partial charge in [-0.3, -0.25) is 4.79 Å². The van der Waals surface area contributed by atoms with E-state index in [-0.39, 0.29) is 5.91 Å². The monoisotopic (exact) mass is 270 g/mol. The first-order valence-electron chi connectivity index (χ1n) is 7.21. The van der Waals surface area contributed by atoms with E-state index in [9.17, 15) is 4.79 Å². The van der Waals surface area contributed by atoms with Crippen LogP contribution in [0.5, 0.6) is 0 Å². The van der Waals surface area contributed by atoms with Gasteiger partial charge in [0, 0.05) is 6.42 Å². The van der Waals surface area contributed by atoms with Gasteiger partial charge in [-0.2, -0.15) is 0 Å². The van der Waals surface area contributed by atoms with Gasteiger partial charge in [0.1, 0.15) is 0 Å². The van der Waals surface area contributed by atoms with Gasteiger partial charge in [0.15, 0.2) is 0 Å². The van der Waals surface area contributed by atoms with Gasteiger partial charge in [0.2, 0.25) is 5.91 Å². The van der Waals surface area contributed by atoms with Crippen LogP contribution in [0, 0.1) is 0 Å². The maximum Gasteiger partial charge on any atom is 0.220 e. The molecule has 0 atom stereocenters. The molecule has 3 N–H and O–H groups in total. The number of thiocarbonyl (C=S) groups is 1. The molecule has 1 saturated carbocycles. The largest absolute Gasteiger partial charge is 0.391 e. The van der Waals surface area contributed by atoms with Crippen LogP contribution in [-0.4, -0.2) is 16.4 Å². The first-order valence-corrected chi connectivity index (χ1v) is 7.62. The summed E-state index contributed by atoms with van der Waals surface area (Å²) in [5, 5.41) is 3.13. The van der Waals surface area contributed by atoms with Crippen LogP contribution in [-0.2, 0) is 4.79 Å². The van der Waals surface area contributed by atoms with Crippen LogP contribution >= 0.6 is 12.2 Å². The molecule has 1 rings (SSSR count). The van der Waals surface area contributed by atoms with Crippen LogP contribution in [0.4, 0.5) is 0 Å². The molecule has 1 fully saturated rings. The minimum Gasteiger partial charge on any atom is -0.391 e. The lowest BCUT2D eigenvalue weighted by molar-refractivity contribution is -0.122. The number of carbonyl (C=O) groups is 1. The molecule has 3 nitrogen and oxygen atoms in total. The molecule has 0 spiro atoms. The van der Waals surface area contributed by atoms with Crippen molar-refractivity contribution in [1.82, 2.24) is 5.32 Å². The highest BCUT2D eigenvalue weighted by Gasteiger charge is 2.35. The van der Waals surface area contributed by atoms with E-state index in [1.807, 2.05) is 0 Å². The number of nitrogens with one attached hydrogen (secondary N) is 1. The van der Waals surface area contributed by atoms with Crippen molar-refractivity contribution in [1.29, 1.82) is 0 Å². The van der Waals surface area contributed by atoms with E-state index >= 15 is 0 Å². The molecule has 0 radical (unpaired) electrons. The topological polar surface area (TPSA) is 55.1 Å². The normalized spacial score (nSPS) is 18.9. The van der Waals surface area contributed by atoms with Gasteiger partial charge in [-0.25, -0.2) is 0 Å². The number of hydrogen-bond acceptors (Lipinski definition) is 2. The predicted molar refractivity (Wildman–Crippen MR) is 79.5 cm³/mol. The van der Waals surface area contributed by atoms with E-state index in [0.29, 0.717) is 11.4 Å². The maximum atomic E-state index is 12.0. The van der Waals surface area contributed by atoms with Crippen molar-refractivity contribution in [3.05, 3.63) is 0 Å². The lowest BCUT2D eigenvalue weighted by Gasteiger charge is -2.33. The minimum atomic E-state index is -0.408. The van der Waals surface area contributed by atoms with Crippen LogP contribution in [0.2, 0.25) is 0 Å². The molecular weight excluding hydrogens is 244 g/mol. The average molecular weight is 270 g/mol. The average Bonchev–Trinajstić information content (AvgIpc) is 2.56. The lowest BCUT2D eigenvalue weighted by atomic mass is 9.89. The van der Waals surface area contributed by atoms with E-state index in [4.69, 9.17) is 18.0 Å². The van der Waals surface area contributed by atoms with Gasteiger partial charge in [0.25, 0.3) is 0 Å². The second-order valence-electron chi connectivity index (χ2n) is 5.37. The Morgan fingerprint density at radius 2 is 1.83 bits per heavy atom. The van der Waals surface area contributed by atoms with Gasteiger partial charge in [-0.15, -0.1) is 0 Å². The van der Waals surface area contributed by atoms with Crippen molar-refractivity contribution in [2.24, 2.45) is 5.73 Å². The van der Waals surface area contributed by atoms with Crippen LogP contribution < -0.4 is 11.1 Å². The Kier molecular flexibility index (Phi) is 6.61. The molecule has 0 aromatic carbocycles. The fraction of sp³-hybridized carbons (Fsp3) is 0.857. The van der Waals surface area contributed by atoms with Gasteiger partial charge in [-0.1, -0.05) is 57.7 Å². The van der Waals surface area contributed by atoms with E-state index in [1.165, 1.54) is 12.8 Å². The third-order valence-corrected chi connectivity index (χ3v) is 4.21. The highest BCUT2D eigenvalue weighted by atomic mass is 32.1. The zero-order valence-electron chi connectivity index (χ0n) is 11.5. The highest BCUT2D eigenvalue weighted by Crippen LogP contribution is 2.27. The summed E-state index contributed by atoms with van der Waals surface area (Å²) < 4.78 is 0. The first-order chi connectivity index (χ1) is 8.60. The van der Waals surface area contributed by atoms with Crippen LogP contribution in [0.1, 0.15) is 71.1 Å². The molecule has 0 bridgehead atoms. The van der Waals surface area contributed by atoms with Gasteiger partial charge < -0.3 is 11.1 Å². The Balaban J connectivity index is 2.55. The molecule has 18 heavy (non-hydrogen) atoms. The molecule has 1 aliphatic rings. The van der Waals surface area contributed by atoms with Crippen molar-refractivity contribution in [2.45, 2.75) is 76.7 Å². The fourth-order valence-electron chi connectivity index (χ4n) is 2.63. The third kappa shape index (κ3) is 4.56. The number of rotatable bonds is 6. The zero-order chi connectivity index (χ0) is 13.4. The molecule has 0 aromatic rings. The molecule has 0 unspecified atom stereocenters. The number of nitrogens with two attached hydrogens (primary N) is 1. The highest BCUT2D eigenvalue weighted by molar-refractivity contribution is 7.80. The Morgan fingerprint density at radius 3 is 2.33 bits per heavy atom. The Morgan fingerprint density at radius 1 is 1.22 bits per heavy atom. The molecule has 0 saturated heterocycles. The summed E-state index contributed by atoms with van der Waals surface area (Å²) in [4.78, 5) is 12.4. The van der Waals surface area contributed by atoms with Crippen molar-refractivity contribution in [3.63, 3.8) is 0 Å². The Labute approximate surface area is 116 Å². The zero-order valence-corrected chi connectivity index (χ0v) is 12.3. The summed E-state index contributed by atoms with van der Waals surface area (Å²) in [6.07, 6.45) is 10.2. The van der Waals surface area contributed by atoms with Crippen molar-refractivity contribution in [3.8, 4) is 0 Å². The second-order valence-corrected chi connectivity index (χ2v) is 5.81. The third-order valence-electron chi connectivity index (χ3n) is 3.81. The molecule has 1 aliphatic carbocycles. The van der Waals surface area contributed by atoms with E-state index in [2.05, 4.69) is 12.2 Å². The van der Waals surface area contributed by atoms with E-state index in [1.54, 1.807) is 0 Å². The maximum absolute atomic E-state index is 12.0. The smallest absolute Gasteiger partial charge is 0.220 e. The summed E-state index contributed by atoms with van der Waals surface area (Å²) in [5.41, 5.74) is 5.48. The Bertz CT molecular complexity index is 284. The quantitative estimate of drug-likeness (QED) is 0.443. The summed E-state index contributed by atoms with van der Waals surface area (Å²) >= 11 is 5.20. The SMILES string of the molecule is CCCCCC(=O)NC1(C(N)=S)CCCCCC1. The summed E-state index contributed by atoms with van der Waals surface area (Å²) in [6.45, 7) is 2.14. The fourth-order valence-corrected chi connectivity index (χ4v) is 2.89. The van der Waals surface area contributed by atoms with Gasteiger partial charge in [-0.05, 0) is 19.3 Å². The molecule has 0 heterocycles. The van der Waals surface area contributed by atoms with Crippen molar-refractivity contribution < 1.29 is 4.79 Å². The van der Waals surface area contributed by atoms with E-state index in [0.717, 1.165) is 44.9 Å². The van der Waals surface area contributed by atoms with Gasteiger partial charge in [0.05, 0.1) is 10.5 Å². The number of hydrogen-bond donors (Lipinski definition) is 2. The number of carbonyl (C=O) groups excluding carboxylic acids is 1. The van der Waals surface area contributed by atoms with Crippen LogP contribution in [0.3, 0.4) is 0 Å². The molecule has 0 aliphatic heterocycles. The summed E-state index contributed by atoms with van der Waals surface area (Å²) in [7, 11) is 0. The van der Waals surface area contributed by atoms with Gasteiger partial charge >= 0.3 is 0 Å². The lowest BCUT2D eigenvalue weighted by Crippen LogP contribution is -2.56. The molecular formula is C14H26N2OS. The summed E-state index contributed by atoms with van der Waals surface area (Å²) in [6, 6.07) is 0. The van der Waals surface area contributed by atoms with E-state index < -0.39 is 5.54 Å². The second kappa shape index (κ2) is 7.72. The van der Waals surface area contributed by atoms with Crippen LogP contribution in [0.25, 0.3) is 0 Å². The predicted octanol–water partition coefficient (Wildman–Crippen LogP) is 3.06. The summed E-state index contributed by atoms with van der Waals surface area (Å²) in [5.74, 6) is 0.109. The number of amides is 1. The minimum absolute atomic E-state index is 0.109. The molecule has 1 amide bonds. The molecule has 104 valence electrons.